The van der Waals surface area contributed by atoms with Crippen molar-refractivity contribution in [2.75, 3.05) is 0 Å². The van der Waals surface area contributed by atoms with Crippen LogP contribution in [0.2, 0.25) is 0 Å². The minimum absolute atomic E-state index is 0.0540. The molecule has 6 nitrogen and oxygen atoms in total. The first-order valence-corrected chi connectivity index (χ1v) is 12.6. The molecule has 0 saturated carbocycles. The predicted octanol–water partition coefficient (Wildman–Crippen LogP) is 6.97. The van der Waals surface area contributed by atoms with E-state index in [4.69, 9.17) is 19.7 Å². The second-order valence-electron chi connectivity index (χ2n) is 8.93. The van der Waals surface area contributed by atoms with Gasteiger partial charge in [-0.15, -0.1) is 0 Å². The van der Waals surface area contributed by atoms with Gasteiger partial charge in [0.05, 0.1) is 5.56 Å². The molecule has 1 heterocycles. The Morgan fingerprint density at radius 3 is 1.92 bits per heavy atom. The largest absolute Gasteiger partial charge is 0.488 e. The van der Waals surface area contributed by atoms with Gasteiger partial charge in [-0.25, -0.2) is 4.39 Å². The highest BCUT2D eigenvalue weighted by Gasteiger charge is 2.25. The highest BCUT2D eigenvalue weighted by atomic mass is 19.1. The third-order valence-corrected chi connectivity index (χ3v) is 6.34. The molecule has 5 rings (SSSR count). The van der Waals surface area contributed by atoms with Crippen LogP contribution in [0.15, 0.2) is 102 Å². The monoisotopic (exact) mass is 522 g/mol. The zero-order valence-electron chi connectivity index (χ0n) is 21.4. The van der Waals surface area contributed by atoms with Gasteiger partial charge < -0.3 is 19.7 Å². The van der Waals surface area contributed by atoms with Crippen LogP contribution in [0.1, 0.15) is 34.1 Å². The highest BCUT2D eigenvalue weighted by molar-refractivity contribution is 5.94. The molecule has 39 heavy (non-hydrogen) atoms. The number of nitrogens with zero attached hydrogens (tertiary/aromatic N) is 1. The molecule has 0 saturated heterocycles. The van der Waals surface area contributed by atoms with Gasteiger partial charge in [0.1, 0.15) is 30.5 Å². The third-order valence-electron chi connectivity index (χ3n) is 6.34. The molecule has 0 unspecified atom stereocenters. The van der Waals surface area contributed by atoms with Crippen molar-refractivity contribution >= 4 is 5.91 Å². The first kappa shape index (κ1) is 25.7. The van der Waals surface area contributed by atoms with Crippen LogP contribution in [0.5, 0.6) is 11.5 Å². The Morgan fingerprint density at radius 2 is 1.36 bits per heavy atom. The number of hydrogen-bond donors (Lipinski definition) is 1. The van der Waals surface area contributed by atoms with Crippen LogP contribution in [0.4, 0.5) is 4.39 Å². The Bertz CT molecular complexity index is 1580. The lowest BCUT2D eigenvalue weighted by Crippen LogP contribution is -2.13. The molecule has 5 aromatic rings. The van der Waals surface area contributed by atoms with E-state index in [0.29, 0.717) is 45.9 Å². The number of carbonyl (C=O) groups excluding carboxylic acids is 1. The molecule has 1 aromatic heterocycles. The second kappa shape index (κ2) is 11.6. The van der Waals surface area contributed by atoms with Crippen molar-refractivity contribution in [2.24, 2.45) is 5.73 Å². The minimum atomic E-state index is -0.689. The maximum atomic E-state index is 15.1. The fourth-order valence-electron chi connectivity index (χ4n) is 4.38. The predicted molar refractivity (Wildman–Crippen MR) is 147 cm³/mol. The van der Waals surface area contributed by atoms with E-state index in [-0.39, 0.29) is 18.9 Å². The van der Waals surface area contributed by atoms with Crippen LogP contribution in [-0.4, -0.2) is 11.1 Å². The van der Waals surface area contributed by atoms with Gasteiger partial charge in [-0.2, -0.15) is 0 Å². The van der Waals surface area contributed by atoms with Crippen LogP contribution < -0.4 is 15.2 Å². The molecule has 0 bridgehead atoms. The quantitative estimate of drug-likeness (QED) is 0.214. The average Bonchev–Trinajstić information content (AvgIpc) is 3.41. The summed E-state index contributed by atoms with van der Waals surface area (Å²) in [5.41, 5.74) is 9.43. The molecule has 0 aliphatic heterocycles. The van der Waals surface area contributed by atoms with E-state index >= 15 is 4.39 Å². The summed E-state index contributed by atoms with van der Waals surface area (Å²) < 4.78 is 33.3. The molecule has 1 amide bonds. The summed E-state index contributed by atoms with van der Waals surface area (Å²) in [6, 6.07) is 29.4. The Morgan fingerprint density at radius 1 is 0.795 bits per heavy atom. The Kier molecular flexibility index (Phi) is 7.68. The minimum Gasteiger partial charge on any atom is -0.488 e. The van der Waals surface area contributed by atoms with Gasteiger partial charge in [-0.05, 0) is 29.7 Å². The smallest absolute Gasteiger partial charge is 0.271 e. The number of aromatic nitrogens is 1. The van der Waals surface area contributed by atoms with Crippen molar-refractivity contribution in [3.63, 3.8) is 0 Å². The van der Waals surface area contributed by atoms with Crippen LogP contribution in [0, 0.1) is 5.82 Å². The Labute approximate surface area is 225 Å². The second-order valence-corrected chi connectivity index (χ2v) is 8.93. The van der Waals surface area contributed by atoms with Gasteiger partial charge in [0.15, 0.2) is 11.5 Å². The summed E-state index contributed by atoms with van der Waals surface area (Å²) in [6.07, 6.45) is 0.441. The van der Waals surface area contributed by atoms with Gasteiger partial charge in [0, 0.05) is 22.8 Å². The van der Waals surface area contributed by atoms with Crippen LogP contribution in [0.3, 0.4) is 0 Å². The lowest BCUT2D eigenvalue weighted by atomic mass is 9.97. The Hall–Kier alpha value is -4.91. The first-order chi connectivity index (χ1) is 19.0. The average molecular weight is 523 g/mol. The summed E-state index contributed by atoms with van der Waals surface area (Å²) in [4.78, 5) is 12.0. The lowest BCUT2D eigenvalue weighted by molar-refractivity contribution is 0.0991. The van der Waals surface area contributed by atoms with Gasteiger partial charge in [0.25, 0.3) is 5.91 Å². The maximum Gasteiger partial charge on any atom is 0.271 e. The number of primary amides is 1. The summed E-state index contributed by atoms with van der Waals surface area (Å²) in [5, 5.41) is 3.93. The molecule has 196 valence electrons. The van der Waals surface area contributed by atoms with Crippen molar-refractivity contribution < 1.29 is 23.2 Å². The molecule has 0 spiro atoms. The lowest BCUT2D eigenvalue weighted by Gasteiger charge is -2.18. The van der Waals surface area contributed by atoms with Crippen molar-refractivity contribution in [3.8, 4) is 33.9 Å². The van der Waals surface area contributed by atoms with Crippen LogP contribution in [-0.2, 0) is 19.6 Å². The zero-order chi connectivity index (χ0) is 27.2. The van der Waals surface area contributed by atoms with Gasteiger partial charge in [-0.3, -0.25) is 4.79 Å². The topological polar surface area (TPSA) is 87.6 Å². The number of benzene rings is 4. The third kappa shape index (κ3) is 5.67. The fraction of sp³-hybridized carbons (Fsp3) is 0.125. The number of ether oxygens (including phenoxy) is 2. The van der Waals surface area contributed by atoms with E-state index in [0.717, 1.165) is 11.1 Å². The van der Waals surface area contributed by atoms with E-state index in [9.17, 15) is 4.79 Å². The van der Waals surface area contributed by atoms with E-state index < -0.39 is 11.7 Å². The normalized spacial score (nSPS) is 10.8. The summed E-state index contributed by atoms with van der Waals surface area (Å²) in [5.74, 6) is 0.108. The number of amides is 1. The molecule has 7 heteroatoms. The van der Waals surface area contributed by atoms with E-state index in [2.05, 4.69) is 5.16 Å². The van der Waals surface area contributed by atoms with E-state index in [1.54, 1.807) is 30.3 Å². The van der Waals surface area contributed by atoms with Gasteiger partial charge in [0.2, 0.25) is 0 Å². The van der Waals surface area contributed by atoms with Crippen LogP contribution in [0.25, 0.3) is 22.5 Å². The molecule has 0 fully saturated rings. The Balaban J connectivity index is 1.67. The van der Waals surface area contributed by atoms with Crippen molar-refractivity contribution in [1.29, 1.82) is 0 Å². The number of nitrogens with two attached hydrogens (primary N) is 1. The number of rotatable bonds is 10. The fourth-order valence-corrected chi connectivity index (χ4v) is 4.38. The molecule has 2 N–H and O–H groups in total. The molecular formula is C32H27FN2O4. The summed E-state index contributed by atoms with van der Waals surface area (Å²) in [7, 11) is 0. The van der Waals surface area contributed by atoms with Crippen molar-refractivity contribution in [2.45, 2.75) is 26.6 Å². The van der Waals surface area contributed by atoms with Crippen LogP contribution >= 0.6 is 0 Å². The molecule has 0 radical (unpaired) electrons. The molecule has 0 aliphatic rings. The SMILES string of the molecule is CCc1c(C(N)=O)noc1-c1cc(-c2ccccc2F)c(OCc2ccccc2)cc1OCc1ccccc1. The molecule has 4 aromatic carbocycles. The molecular weight excluding hydrogens is 495 g/mol. The van der Waals surface area contributed by atoms with E-state index in [1.165, 1.54) is 6.07 Å². The van der Waals surface area contributed by atoms with Gasteiger partial charge >= 0.3 is 0 Å². The molecule has 0 atom stereocenters. The molecule has 0 aliphatic carbocycles. The van der Waals surface area contributed by atoms with Crippen molar-refractivity contribution in [3.05, 3.63) is 125 Å². The maximum absolute atomic E-state index is 15.1. The summed E-state index contributed by atoms with van der Waals surface area (Å²) >= 11 is 0. The summed E-state index contributed by atoms with van der Waals surface area (Å²) in [6.45, 7) is 2.42. The van der Waals surface area contributed by atoms with Crippen molar-refractivity contribution in [1.82, 2.24) is 5.16 Å². The zero-order valence-corrected chi connectivity index (χ0v) is 21.4. The number of carbonyl (C=O) groups is 1. The number of halogens is 1. The standard InChI is InChI=1S/C32H27FN2O4/c1-2-23-30(32(34)36)35-39-31(23)26-17-25(24-15-9-10-16-27(24)33)28(37-19-21-11-5-3-6-12-21)18-29(26)38-20-22-13-7-4-8-14-22/h3-18H,2,19-20H2,1H3,(H2,34,36). The number of hydrogen-bond acceptors (Lipinski definition) is 5. The first-order valence-electron chi connectivity index (χ1n) is 12.6. The van der Waals surface area contributed by atoms with E-state index in [1.807, 2.05) is 67.6 Å². The highest BCUT2D eigenvalue weighted by Crippen LogP contribution is 2.43. The van der Waals surface area contributed by atoms with Gasteiger partial charge in [-0.1, -0.05) is 90.9 Å².